The quantitative estimate of drug-likeness (QED) is 0.282. The molecular formula is C19H23NO7. The van der Waals surface area contributed by atoms with Gasteiger partial charge in [-0.15, -0.1) is 0 Å². The first-order valence-corrected chi connectivity index (χ1v) is 8.99. The van der Waals surface area contributed by atoms with Crippen molar-refractivity contribution in [3.05, 3.63) is 29.8 Å². The Bertz CT molecular complexity index is 668. The van der Waals surface area contributed by atoms with E-state index in [1.54, 1.807) is 24.3 Å². The largest absolute Gasteiger partial charge is 0.534 e. The predicted molar refractivity (Wildman–Crippen MR) is 93.2 cm³/mol. The van der Waals surface area contributed by atoms with Crippen LogP contribution in [0.4, 0.5) is 4.79 Å². The monoisotopic (exact) mass is 377 g/mol. The Kier molecular flexibility index (Phi) is 7.79. The predicted octanol–water partition coefficient (Wildman–Crippen LogP) is 3.28. The number of rotatable bonds is 9. The molecule has 2 rings (SSSR count). The summed E-state index contributed by atoms with van der Waals surface area (Å²) < 4.78 is 10.1. The van der Waals surface area contributed by atoms with Crippen LogP contribution in [0.5, 0.6) is 5.75 Å². The summed E-state index contributed by atoms with van der Waals surface area (Å²) in [5.41, 5.74) is 0.633. The van der Waals surface area contributed by atoms with Gasteiger partial charge in [0.2, 0.25) is 0 Å². The topological polar surface area (TPSA) is 99.2 Å². The molecule has 1 saturated heterocycles. The number of amides is 2. The smallest absolute Gasteiger partial charge is 0.428 e. The second-order valence-electron chi connectivity index (χ2n) is 6.14. The van der Waals surface area contributed by atoms with E-state index >= 15 is 0 Å². The fourth-order valence-electron chi connectivity index (χ4n) is 2.43. The number of esters is 1. The third kappa shape index (κ3) is 6.73. The van der Waals surface area contributed by atoms with E-state index in [0.717, 1.165) is 25.7 Å². The SMILES string of the molecule is CCCCCCC(=O)Oc1ccc(COC(=O)ON2C(=O)CCC2=O)cc1. The summed E-state index contributed by atoms with van der Waals surface area (Å²) in [6.45, 7) is 2.00. The second kappa shape index (κ2) is 10.3. The zero-order chi connectivity index (χ0) is 19.6. The standard InChI is InChI=1S/C19H23NO7/c1-2-3-4-5-6-18(23)26-15-9-7-14(8-10-15)13-25-19(24)27-20-16(21)11-12-17(20)22/h7-10H,2-6,11-13H2,1H3. The number of benzene rings is 1. The zero-order valence-electron chi connectivity index (χ0n) is 15.3. The highest BCUT2D eigenvalue weighted by atomic mass is 16.8. The fourth-order valence-corrected chi connectivity index (χ4v) is 2.43. The van der Waals surface area contributed by atoms with Gasteiger partial charge in [0.25, 0.3) is 11.8 Å². The third-order valence-corrected chi connectivity index (χ3v) is 3.92. The van der Waals surface area contributed by atoms with Gasteiger partial charge in [-0.1, -0.05) is 43.4 Å². The van der Waals surface area contributed by atoms with Gasteiger partial charge in [0.1, 0.15) is 12.4 Å². The van der Waals surface area contributed by atoms with E-state index in [0.29, 0.717) is 22.8 Å². The Morgan fingerprint density at radius 2 is 1.67 bits per heavy atom. The van der Waals surface area contributed by atoms with Gasteiger partial charge in [-0.3, -0.25) is 19.2 Å². The van der Waals surface area contributed by atoms with Crippen LogP contribution in [0.15, 0.2) is 24.3 Å². The minimum absolute atomic E-state index is 0.0187. The van der Waals surface area contributed by atoms with Crippen molar-refractivity contribution in [2.45, 2.75) is 58.5 Å². The highest BCUT2D eigenvalue weighted by Crippen LogP contribution is 2.16. The van der Waals surface area contributed by atoms with Crippen LogP contribution in [0.25, 0.3) is 0 Å². The van der Waals surface area contributed by atoms with Crippen LogP contribution in [0.1, 0.15) is 57.4 Å². The van der Waals surface area contributed by atoms with Gasteiger partial charge in [-0.2, -0.15) is 0 Å². The summed E-state index contributed by atoms with van der Waals surface area (Å²) in [7, 11) is 0. The van der Waals surface area contributed by atoms with E-state index < -0.39 is 18.0 Å². The lowest BCUT2D eigenvalue weighted by atomic mass is 10.1. The molecule has 8 heteroatoms. The molecule has 27 heavy (non-hydrogen) atoms. The first-order chi connectivity index (χ1) is 13.0. The molecule has 1 aliphatic heterocycles. The number of carbonyl (C=O) groups is 4. The molecule has 0 radical (unpaired) electrons. The Morgan fingerprint density at radius 1 is 1.00 bits per heavy atom. The van der Waals surface area contributed by atoms with Crippen LogP contribution in [0.2, 0.25) is 0 Å². The molecule has 1 heterocycles. The molecule has 1 fully saturated rings. The Hall–Kier alpha value is -2.90. The van der Waals surface area contributed by atoms with Gasteiger partial charge < -0.3 is 9.47 Å². The molecule has 8 nitrogen and oxygen atoms in total. The van der Waals surface area contributed by atoms with Crippen molar-refractivity contribution in [3.63, 3.8) is 0 Å². The van der Waals surface area contributed by atoms with E-state index in [1.807, 2.05) is 0 Å². The molecule has 1 aromatic rings. The van der Waals surface area contributed by atoms with Gasteiger partial charge in [0.05, 0.1) is 0 Å². The lowest BCUT2D eigenvalue weighted by Gasteiger charge is -2.12. The molecular weight excluding hydrogens is 354 g/mol. The van der Waals surface area contributed by atoms with Gasteiger partial charge in [-0.05, 0) is 24.1 Å². The molecule has 0 saturated carbocycles. The van der Waals surface area contributed by atoms with Gasteiger partial charge >= 0.3 is 12.1 Å². The molecule has 0 N–H and O–H groups in total. The van der Waals surface area contributed by atoms with E-state index in [9.17, 15) is 19.2 Å². The van der Waals surface area contributed by atoms with Crippen LogP contribution in [0.3, 0.4) is 0 Å². The number of ether oxygens (including phenoxy) is 2. The van der Waals surface area contributed by atoms with Gasteiger partial charge in [0, 0.05) is 19.3 Å². The van der Waals surface area contributed by atoms with E-state index in [1.165, 1.54) is 0 Å². The van der Waals surface area contributed by atoms with Gasteiger partial charge in [0.15, 0.2) is 0 Å². The molecule has 0 bridgehead atoms. The zero-order valence-corrected chi connectivity index (χ0v) is 15.3. The van der Waals surface area contributed by atoms with Crippen molar-refractivity contribution in [1.29, 1.82) is 0 Å². The number of hydrogen-bond acceptors (Lipinski definition) is 7. The first-order valence-electron chi connectivity index (χ1n) is 8.99. The second-order valence-corrected chi connectivity index (χ2v) is 6.14. The van der Waals surface area contributed by atoms with E-state index in [4.69, 9.17) is 9.47 Å². The van der Waals surface area contributed by atoms with Crippen LogP contribution >= 0.6 is 0 Å². The maximum atomic E-state index is 11.7. The lowest BCUT2D eigenvalue weighted by molar-refractivity contribution is -0.177. The molecule has 0 aliphatic carbocycles. The lowest BCUT2D eigenvalue weighted by Crippen LogP contribution is -2.32. The van der Waals surface area contributed by atoms with E-state index in [-0.39, 0.29) is 25.4 Å². The first kappa shape index (κ1) is 20.4. The number of unbranched alkanes of at least 4 members (excludes halogenated alkanes) is 3. The summed E-state index contributed by atoms with van der Waals surface area (Å²) >= 11 is 0. The van der Waals surface area contributed by atoms with Gasteiger partial charge in [-0.25, -0.2) is 4.79 Å². The molecule has 1 aromatic carbocycles. The summed E-state index contributed by atoms with van der Waals surface area (Å²) in [4.78, 5) is 50.6. The van der Waals surface area contributed by atoms with Crippen molar-refractivity contribution in [1.82, 2.24) is 5.06 Å². The van der Waals surface area contributed by atoms with E-state index in [2.05, 4.69) is 11.8 Å². The third-order valence-electron chi connectivity index (χ3n) is 3.92. The van der Waals surface area contributed by atoms with Crippen LogP contribution in [0, 0.1) is 0 Å². The molecule has 0 unspecified atom stereocenters. The number of imide groups is 1. The van der Waals surface area contributed by atoms with Crippen molar-refractivity contribution in [2.75, 3.05) is 0 Å². The van der Waals surface area contributed by atoms with Crippen LogP contribution < -0.4 is 4.74 Å². The molecule has 146 valence electrons. The summed E-state index contributed by atoms with van der Waals surface area (Å²) in [5, 5.41) is 0.422. The summed E-state index contributed by atoms with van der Waals surface area (Å²) in [6.07, 6.45) is 3.30. The Morgan fingerprint density at radius 3 is 2.30 bits per heavy atom. The van der Waals surface area contributed by atoms with Crippen molar-refractivity contribution in [3.8, 4) is 5.75 Å². The average Bonchev–Trinajstić information content (AvgIpc) is 2.97. The fraction of sp³-hybridized carbons (Fsp3) is 0.474. The minimum Gasteiger partial charge on any atom is -0.428 e. The number of nitrogens with zero attached hydrogens (tertiary/aromatic N) is 1. The normalized spacial score (nSPS) is 13.6. The number of hydroxylamine groups is 2. The molecule has 0 aromatic heterocycles. The van der Waals surface area contributed by atoms with Crippen LogP contribution in [-0.2, 0) is 30.6 Å². The summed E-state index contributed by atoms with van der Waals surface area (Å²) in [6, 6.07) is 6.47. The van der Waals surface area contributed by atoms with Crippen molar-refractivity contribution >= 4 is 23.9 Å². The maximum Gasteiger partial charge on any atom is 0.534 e. The van der Waals surface area contributed by atoms with Crippen molar-refractivity contribution < 1.29 is 33.5 Å². The Labute approximate surface area is 157 Å². The molecule has 0 spiro atoms. The van der Waals surface area contributed by atoms with Crippen molar-refractivity contribution in [2.24, 2.45) is 0 Å². The maximum absolute atomic E-state index is 11.7. The average molecular weight is 377 g/mol. The molecule has 1 aliphatic rings. The Balaban J connectivity index is 1.72. The highest BCUT2D eigenvalue weighted by Gasteiger charge is 2.33. The number of hydrogen-bond donors (Lipinski definition) is 0. The number of carbonyl (C=O) groups excluding carboxylic acids is 4. The summed E-state index contributed by atoms with van der Waals surface area (Å²) in [5.74, 6) is -1.01. The molecule has 2 amide bonds. The highest BCUT2D eigenvalue weighted by molar-refractivity contribution is 6.01. The van der Waals surface area contributed by atoms with Crippen LogP contribution in [-0.4, -0.2) is 29.0 Å². The minimum atomic E-state index is -1.14. The molecule has 0 atom stereocenters.